The first kappa shape index (κ1) is 13.4. The Kier molecular flexibility index (Phi) is 3.73. The summed E-state index contributed by atoms with van der Waals surface area (Å²) in [5.41, 5.74) is 4.48. The second-order valence-corrected chi connectivity index (χ2v) is 5.09. The van der Waals surface area contributed by atoms with Crippen LogP contribution in [0.4, 0.5) is 11.6 Å². The molecule has 1 N–H and O–H groups in total. The van der Waals surface area contributed by atoms with Gasteiger partial charge in [-0.2, -0.15) is 0 Å². The first-order chi connectivity index (χ1) is 10.3. The molecule has 0 aliphatic rings. The van der Waals surface area contributed by atoms with Crippen molar-refractivity contribution < 1.29 is 0 Å². The van der Waals surface area contributed by atoms with Crippen LogP contribution < -0.4 is 5.32 Å². The van der Waals surface area contributed by atoms with Crippen LogP contribution in [-0.2, 0) is 6.42 Å². The fraction of sp³-hybridized carbons (Fsp3) is 0.167. The highest BCUT2D eigenvalue weighted by Crippen LogP contribution is 2.21. The summed E-state index contributed by atoms with van der Waals surface area (Å²) in [6.45, 7) is 4.17. The van der Waals surface area contributed by atoms with Crippen LogP contribution in [0.2, 0.25) is 0 Å². The highest BCUT2D eigenvalue weighted by Gasteiger charge is 2.07. The third-order valence-electron chi connectivity index (χ3n) is 3.48. The fourth-order valence-corrected chi connectivity index (χ4v) is 2.32. The highest BCUT2D eigenvalue weighted by molar-refractivity contribution is 5.57. The van der Waals surface area contributed by atoms with Gasteiger partial charge in [-0.1, -0.05) is 37.3 Å². The van der Waals surface area contributed by atoms with Gasteiger partial charge in [0, 0.05) is 17.6 Å². The summed E-state index contributed by atoms with van der Waals surface area (Å²) >= 11 is 0. The number of imidazole rings is 1. The lowest BCUT2D eigenvalue weighted by atomic mass is 10.1. The molecular weight excluding hydrogens is 258 g/mol. The first-order valence-electron chi connectivity index (χ1n) is 7.23. The number of aromatic nitrogens is 2. The number of anilines is 2. The Morgan fingerprint density at radius 3 is 2.38 bits per heavy atom. The van der Waals surface area contributed by atoms with Crippen LogP contribution in [-0.4, -0.2) is 9.55 Å². The lowest BCUT2D eigenvalue weighted by molar-refractivity contribution is 1.06. The van der Waals surface area contributed by atoms with Crippen molar-refractivity contribution in [2.24, 2.45) is 0 Å². The van der Waals surface area contributed by atoms with Crippen molar-refractivity contribution in [2.75, 3.05) is 5.32 Å². The van der Waals surface area contributed by atoms with Crippen molar-refractivity contribution in [1.82, 2.24) is 9.55 Å². The second-order valence-electron chi connectivity index (χ2n) is 5.09. The van der Waals surface area contributed by atoms with E-state index in [1.807, 2.05) is 31.3 Å². The van der Waals surface area contributed by atoms with Gasteiger partial charge < -0.3 is 5.32 Å². The van der Waals surface area contributed by atoms with Crippen molar-refractivity contribution in [3.05, 3.63) is 72.1 Å². The summed E-state index contributed by atoms with van der Waals surface area (Å²) in [5.74, 6) is 0.836. The van der Waals surface area contributed by atoms with E-state index in [4.69, 9.17) is 0 Å². The minimum atomic E-state index is 0.836. The summed E-state index contributed by atoms with van der Waals surface area (Å²) in [7, 11) is 0. The molecule has 3 nitrogen and oxygen atoms in total. The molecule has 3 aromatic rings. The zero-order valence-electron chi connectivity index (χ0n) is 12.4. The molecule has 1 heterocycles. The van der Waals surface area contributed by atoms with Gasteiger partial charge >= 0.3 is 0 Å². The van der Waals surface area contributed by atoms with Crippen LogP contribution in [0.25, 0.3) is 5.69 Å². The molecule has 21 heavy (non-hydrogen) atoms. The van der Waals surface area contributed by atoms with E-state index in [-0.39, 0.29) is 0 Å². The molecule has 0 aliphatic heterocycles. The van der Waals surface area contributed by atoms with Crippen LogP contribution in [0.3, 0.4) is 0 Å². The number of benzene rings is 2. The van der Waals surface area contributed by atoms with E-state index in [0.717, 1.165) is 29.4 Å². The molecule has 0 saturated carbocycles. The molecule has 0 atom stereocenters. The molecule has 3 heteroatoms. The largest absolute Gasteiger partial charge is 0.325 e. The molecule has 0 radical (unpaired) electrons. The number of rotatable bonds is 4. The molecule has 3 rings (SSSR count). The first-order valence-corrected chi connectivity index (χ1v) is 7.23. The van der Waals surface area contributed by atoms with E-state index in [1.54, 1.807) is 0 Å². The summed E-state index contributed by atoms with van der Waals surface area (Å²) < 4.78 is 2.07. The van der Waals surface area contributed by atoms with Crippen molar-refractivity contribution in [1.29, 1.82) is 0 Å². The number of nitrogens with one attached hydrogen (secondary N) is 1. The molecule has 0 bridgehead atoms. The van der Waals surface area contributed by atoms with Crippen LogP contribution in [0.1, 0.15) is 18.2 Å². The van der Waals surface area contributed by atoms with Crippen molar-refractivity contribution >= 4 is 11.6 Å². The smallest absolute Gasteiger partial charge is 0.212 e. The summed E-state index contributed by atoms with van der Waals surface area (Å²) in [6, 6.07) is 18.7. The third kappa shape index (κ3) is 2.97. The predicted molar refractivity (Wildman–Crippen MR) is 87.4 cm³/mol. The van der Waals surface area contributed by atoms with Gasteiger partial charge in [-0.05, 0) is 43.2 Å². The normalized spacial score (nSPS) is 10.6. The number of nitrogens with zero attached hydrogens (tertiary/aromatic N) is 2. The maximum absolute atomic E-state index is 4.58. The molecule has 0 saturated heterocycles. The fourth-order valence-electron chi connectivity index (χ4n) is 2.32. The second kappa shape index (κ2) is 5.83. The van der Waals surface area contributed by atoms with Crippen LogP contribution in [0, 0.1) is 6.92 Å². The summed E-state index contributed by atoms with van der Waals surface area (Å²) in [4.78, 5) is 4.58. The number of hydrogen-bond donors (Lipinski definition) is 1. The van der Waals surface area contributed by atoms with Crippen LogP contribution in [0.5, 0.6) is 0 Å². The minimum Gasteiger partial charge on any atom is -0.325 e. The van der Waals surface area contributed by atoms with Gasteiger partial charge in [0.25, 0.3) is 0 Å². The zero-order valence-corrected chi connectivity index (χ0v) is 12.4. The quantitative estimate of drug-likeness (QED) is 0.761. The average molecular weight is 277 g/mol. The molecule has 106 valence electrons. The standard InChI is InChI=1S/C18H19N3/c1-3-15-9-11-16(12-10-15)20-18-19-14(2)13-21(18)17-7-5-4-6-8-17/h4-13H,3H2,1-2H3,(H,19,20). The predicted octanol–water partition coefficient (Wildman–Crippen LogP) is 4.49. The Morgan fingerprint density at radius 2 is 1.71 bits per heavy atom. The Labute approximate surface area is 125 Å². The van der Waals surface area contributed by atoms with E-state index in [1.165, 1.54) is 5.56 Å². The average Bonchev–Trinajstić information content (AvgIpc) is 2.89. The maximum atomic E-state index is 4.58. The Hall–Kier alpha value is -2.55. The monoisotopic (exact) mass is 277 g/mol. The molecule has 0 spiro atoms. The topological polar surface area (TPSA) is 29.9 Å². The lowest BCUT2D eigenvalue weighted by Gasteiger charge is -2.10. The molecular formula is C18H19N3. The van der Waals surface area contributed by atoms with Gasteiger partial charge in [0.1, 0.15) is 0 Å². The van der Waals surface area contributed by atoms with E-state index >= 15 is 0 Å². The Balaban J connectivity index is 1.92. The molecule has 0 amide bonds. The Morgan fingerprint density at radius 1 is 1.00 bits per heavy atom. The van der Waals surface area contributed by atoms with Gasteiger partial charge in [-0.25, -0.2) is 4.98 Å². The van der Waals surface area contributed by atoms with Gasteiger partial charge in [-0.3, -0.25) is 4.57 Å². The molecule has 0 aliphatic carbocycles. The molecule has 0 unspecified atom stereocenters. The minimum absolute atomic E-state index is 0.836. The van der Waals surface area contributed by atoms with E-state index in [0.29, 0.717) is 0 Å². The Bertz CT molecular complexity index is 712. The molecule has 1 aromatic heterocycles. The van der Waals surface area contributed by atoms with Crippen molar-refractivity contribution in [2.45, 2.75) is 20.3 Å². The van der Waals surface area contributed by atoms with Gasteiger partial charge in [0.15, 0.2) is 0 Å². The summed E-state index contributed by atoms with van der Waals surface area (Å²) in [5, 5.41) is 3.39. The SMILES string of the molecule is CCc1ccc(Nc2nc(C)cn2-c2ccccc2)cc1. The molecule has 0 fully saturated rings. The number of aryl methyl sites for hydroxylation is 2. The van der Waals surface area contributed by atoms with Crippen LogP contribution in [0.15, 0.2) is 60.8 Å². The third-order valence-corrected chi connectivity index (χ3v) is 3.48. The van der Waals surface area contributed by atoms with E-state index < -0.39 is 0 Å². The van der Waals surface area contributed by atoms with Crippen LogP contribution >= 0.6 is 0 Å². The maximum Gasteiger partial charge on any atom is 0.212 e. The van der Waals surface area contributed by atoms with E-state index in [2.05, 4.69) is 58.2 Å². The van der Waals surface area contributed by atoms with Gasteiger partial charge in [-0.15, -0.1) is 0 Å². The van der Waals surface area contributed by atoms with Gasteiger partial charge in [0.05, 0.1) is 5.69 Å². The zero-order chi connectivity index (χ0) is 14.7. The van der Waals surface area contributed by atoms with Gasteiger partial charge in [0.2, 0.25) is 5.95 Å². The van der Waals surface area contributed by atoms with Crippen molar-refractivity contribution in [3.8, 4) is 5.69 Å². The van der Waals surface area contributed by atoms with E-state index in [9.17, 15) is 0 Å². The lowest BCUT2D eigenvalue weighted by Crippen LogP contribution is -2.01. The van der Waals surface area contributed by atoms with Crippen molar-refractivity contribution in [3.63, 3.8) is 0 Å². The highest BCUT2D eigenvalue weighted by atomic mass is 15.2. The summed E-state index contributed by atoms with van der Waals surface area (Å²) in [6.07, 6.45) is 3.09. The molecule has 2 aromatic carbocycles. The number of hydrogen-bond acceptors (Lipinski definition) is 2. The number of para-hydroxylation sites is 1.